The van der Waals surface area contributed by atoms with Crippen molar-refractivity contribution in [3.05, 3.63) is 70.7 Å². The minimum atomic E-state index is -0.390. The summed E-state index contributed by atoms with van der Waals surface area (Å²) in [4.78, 5) is 25.8. The van der Waals surface area contributed by atoms with E-state index in [0.717, 1.165) is 24.8 Å². The number of esters is 1. The van der Waals surface area contributed by atoms with Crippen molar-refractivity contribution >= 4 is 23.4 Å². The van der Waals surface area contributed by atoms with Crippen LogP contribution < -0.4 is 0 Å². The zero-order chi connectivity index (χ0) is 20.4. The van der Waals surface area contributed by atoms with Crippen molar-refractivity contribution in [1.29, 1.82) is 0 Å². The number of carbonyl (C=O) groups is 2. The van der Waals surface area contributed by atoms with Gasteiger partial charge in [-0.05, 0) is 24.5 Å². The lowest BCUT2D eigenvalue weighted by Crippen LogP contribution is -2.27. The lowest BCUT2D eigenvalue weighted by Gasteiger charge is -2.26. The average Bonchev–Trinajstić information content (AvgIpc) is 2.72. The Morgan fingerprint density at radius 3 is 2.29 bits per heavy atom. The van der Waals surface area contributed by atoms with Gasteiger partial charge in [0, 0.05) is 22.9 Å². The van der Waals surface area contributed by atoms with E-state index in [9.17, 15) is 9.59 Å². The Balaban J connectivity index is 2.37. The van der Waals surface area contributed by atoms with E-state index in [4.69, 9.17) is 16.3 Å². The molecule has 0 saturated heterocycles. The molecule has 0 amide bonds. The van der Waals surface area contributed by atoms with Gasteiger partial charge in [-0.3, -0.25) is 9.59 Å². The van der Waals surface area contributed by atoms with Crippen LogP contribution in [0.3, 0.4) is 0 Å². The molecule has 2 aromatic rings. The molecule has 0 bridgehead atoms. The Hall–Kier alpha value is -2.13. The molecule has 150 valence electrons. The van der Waals surface area contributed by atoms with Gasteiger partial charge in [-0.25, -0.2) is 0 Å². The number of unbranched alkanes of at least 4 members (excludes halogenated alkanes) is 1. The number of Topliss-reactive ketones (excluding diaryl/α,β-unsaturated/α-hetero) is 1. The summed E-state index contributed by atoms with van der Waals surface area (Å²) < 4.78 is 5.49. The fraction of sp³-hybridized carbons (Fsp3) is 0.417. The normalized spacial score (nSPS) is 13.0. The molecule has 0 aliphatic carbocycles. The predicted octanol–water partition coefficient (Wildman–Crippen LogP) is 6.46. The summed E-state index contributed by atoms with van der Waals surface area (Å²) in [5.41, 5.74) is 1.48. The zero-order valence-electron chi connectivity index (χ0n) is 16.7. The van der Waals surface area contributed by atoms with E-state index < -0.39 is 0 Å². The molecule has 28 heavy (non-hydrogen) atoms. The van der Waals surface area contributed by atoms with Crippen LogP contribution in [0.4, 0.5) is 0 Å². The van der Waals surface area contributed by atoms with Gasteiger partial charge in [-0.15, -0.1) is 0 Å². The van der Waals surface area contributed by atoms with E-state index in [0.29, 0.717) is 23.6 Å². The Kier molecular flexibility index (Phi) is 9.22. The molecule has 2 rings (SSSR count). The van der Waals surface area contributed by atoms with Gasteiger partial charge in [0.25, 0.3) is 0 Å². The Bertz CT molecular complexity index is 757. The van der Waals surface area contributed by atoms with E-state index >= 15 is 0 Å². The van der Waals surface area contributed by atoms with Gasteiger partial charge < -0.3 is 4.74 Å². The smallest absolute Gasteiger partial charge is 0.309 e. The van der Waals surface area contributed by atoms with Crippen molar-refractivity contribution < 1.29 is 14.3 Å². The average molecular weight is 401 g/mol. The molecule has 0 radical (unpaired) electrons. The second-order valence-electron chi connectivity index (χ2n) is 7.04. The van der Waals surface area contributed by atoms with Crippen LogP contribution in [0, 0.1) is 5.92 Å². The lowest BCUT2D eigenvalue weighted by atomic mass is 9.79. The van der Waals surface area contributed by atoms with Crippen LogP contribution in [0.5, 0.6) is 0 Å². The van der Waals surface area contributed by atoms with Crippen LogP contribution in [0.25, 0.3) is 0 Å². The molecule has 0 aliphatic heterocycles. The van der Waals surface area contributed by atoms with Gasteiger partial charge in [0.15, 0.2) is 5.78 Å². The van der Waals surface area contributed by atoms with Crippen LogP contribution >= 0.6 is 11.6 Å². The summed E-state index contributed by atoms with van der Waals surface area (Å²) in [6.07, 6.45) is 3.54. The Labute approximate surface area is 173 Å². The molecule has 0 fully saturated rings. The number of ether oxygens (including phenoxy) is 1. The SMILES string of the molecule is CCCCC(C(=O)OCCC)[C@H](CC(=O)c1ccccc1)c1ccccc1Cl. The summed E-state index contributed by atoms with van der Waals surface area (Å²) in [6.45, 7) is 4.45. The first-order valence-electron chi connectivity index (χ1n) is 10.1. The van der Waals surface area contributed by atoms with E-state index in [1.807, 2.05) is 61.5 Å². The highest BCUT2D eigenvalue weighted by molar-refractivity contribution is 6.31. The van der Waals surface area contributed by atoms with Gasteiger partial charge in [0.2, 0.25) is 0 Å². The minimum absolute atomic E-state index is 0.00955. The van der Waals surface area contributed by atoms with E-state index in [-0.39, 0.29) is 30.0 Å². The molecule has 0 N–H and O–H groups in total. The monoisotopic (exact) mass is 400 g/mol. The Morgan fingerprint density at radius 2 is 1.64 bits per heavy atom. The molecule has 1 unspecified atom stereocenters. The van der Waals surface area contributed by atoms with Gasteiger partial charge >= 0.3 is 5.97 Å². The Morgan fingerprint density at radius 1 is 0.964 bits per heavy atom. The summed E-state index contributed by atoms with van der Waals surface area (Å²) in [7, 11) is 0. The molecule has 2 aromatic carbocycles. The number of hydrogen-bond acceptors (Lipinski definition) is 3. The zero-order valence-corrected chi connectivity index (χ0v) is 17.5. The van der Waals surface area contributed by atoms with Crippen molar-refractivity contribution in [1.82, 2.24) is 0 Å². The van der Waals surface area contributed by atoms with Gasteiger partial charge in [0.1, 0.15) is 0 Å². The second-order valence-corrected chi connectivity index (χ2v) is 7.44. The van der Waals surface area contributed by atoms with Crippen LogP contribution in [0.1, 0.15) is 67.8 Å². The first-order valence-corrected chi connectivity index (χ1v) is 10.5. The topological polar surface area (TPSA) is 43.4 Å². The lowest BCUT2D eigenvalue weighted by molar-refractivity contribution is -0.149. The highest BCUT2D eigenvalue weighted by Crippen LogP contribution is 2.37. The second kappa shape index (κ2) is 11.7. The molecule has 0 saturated carbocycles. The minimum Gasteiger partial charge on any atom is -0.465 e. The third-order valence-electron chi connectivity index (χ3n) is 4.91. The first-order chi connectivity index (χ1) is 13.6. The summed E-state index contributed by atoms with van der Waals surface area (Å²) in [6, 6.07) is 16.7. The molecular weight excluding hydrogens is 372 g/mol. The van der Waals surface area contributed by atoms with E-state index in [1.54, 1.807) is 0 Å². The quantitative estimate of drug-likeness (QED) is 0.321. The van der Waals surface area contributed by atoms with Gasteiger partial charge in [0.05, 0.1) is 12.5 Å². The molecule has 0 aliphatic rings. The summed E-state index contributed by atoms with van der Waals surface area (Å²) in [5, 5.41) is 0.582. The molecule has 2 atom stereocenters. The number of ketones is 1. The molecular formula is C24H29ClO3. The summed E-state index contributed by atoms with van der Waals surface area (Å²) in [5.74, 6) is -0.923. The maximum atomic E-state index is 13.0. The van der Waals surface area contributed by atoms with Crippen LogP contribution in [0.2, 0.25) is 5.02 Å². The van der Waals surface area contributed by atoms with Crippen molar-refractivity contribution in [2.24, 2.45) is 5.92 Å². The molecule has 0 spiro atoms. The van der Waals surface area contributed by atoms with E-state index in [1.165, 1.54) is 0 Å². The van der Waals surface area contributed by atoms with Crippen LogP contribution in [-0.2, 0) is 9.53 Å². The fourth-order valence-electron chi connectivity index (χ4n) is 3.40. The molecule has 4 heteroatoms. The summed E-state index contributed by atoms with van der Waals surface area (Å²) >= 11 is 6.47. The molecule has 0 heterocycles. The van der Waals surface area contributed by atoms with Crippen LogP contribution in [-0.4, -0.2) is 18.4 Å². The first kappa shape index (κ1) is 22.2. The van der Waals surface area contributed by atoms with Crippen molar-refractivity contribution in [3.63, 3.8) is 0 Å². The number of benzene rings is 2. The molecule has 3 nitrogen and oxygen atoms in total. The maximum Gasteiger partial charge on any atom is 0.309 e. The van der Waals surface area contributed by atoms with Gasteiger partial charge in [-0.2, -0.15) is 0 Å². The number of halogens is 1. The number of carbonyl (C=O) groups excluding carboxylic acids is 2. The third-order valence-corrected chi connectivity index (χ3v) is 5.26. The van der Waals surface area contributed by atoms with Crippen molar-refractivity contribution in [2.45, 2.75) is 51.9 Å². The fourth-order valence-corrected chi connectivity index (χ4v) is 3.68. The highest BCUT2D eigenvalue weighted by atomic mass is 35.5. The number of hydrogen-bond donors (Lipinski definition) is 0. The largest absolute Gasteiger partial charge is 0.465 e. The van der Waals surface area contributed by atoms with Crippen LogP contribution in [0.15, 0.2) is 54.6 Å². The van der Waals surface area contributed by atoms with E-state index in [2.05, 4.69) is 6.92 Å². The predicted molar refractivity (Wildman–Crippen MR) is 114 cm³/mol. The van der Waals surface area contributed by atoms with Crippen molar-refractivity contribution in [3.8, 4) is 0 Å². The standard InChI is InChI=1S/C24H29ClO3/c1-3-5-13-20(24(27)28-16-4-2)21(19-14-9-10-15-22(19)25)17-23(26)18-11-7-6-8-12-18/h6-12,14-15,20-21H,3-5,13,16-17H2,1-2H3/t20?,21-/m1/s1. The third kappa shape index (κ3) is 6.20. The van der Waals surface area contributed by atoms with Gasteiger partial charge in [-0.1, -0.05) is 86.8 Å². The highest BCUT2D eigenvalue weighted by Gasteiger charge is 2.33. The van der Waals surface area contributed by atoms with Crippen molar-refractivity contribution in [2.75, 3.05) is 6.61 Å². The number of rotatable bonds is 11. The maximum absolute atomic E-state index is 13.0. The molecule has 0 aromatic heterocycles.